The van der Waals surface area contributed by atoms with Gasteiger partial charge in [0, 0.05) is 37.8 Å². The maximum Gasteiger partial charge on any atom is 0.254 e. The Kier molecular flexibility index (Phi) is 7.42. The van der Waals surface area contributed by atoms with Crippen LogP contribution in [0.25, 0.3) is 0 Å². The van der Waals surface area contributed by atoms with Crippen molar-refractivity contribution in [2.24, 2.45) is 0 Å². The van der Waals surface area contributed by atoms with Gasteiger partial charge < -0.3 is 15.0 Å². The molecule has 1 atom stereocenters. The number of nitrogens with zero attached hydrogens (tertiary/aromatic N) is 2. The minimum atomic E-state index is -3.60. The lowest BCUT2D eigenvalue weighted by molar-refractivity contribution is 0.0728. The van der Waals surface area contributed by atoms with E-state index in [0.29, 0.717) is 38.4 Å². The van der Waals surface area contributed by atoms with Crippen LogP contribution in [0, 0.1) is 0 Å². The Morgan fingerprint density at radius 2 is 2.00 bits per heavy atom. The fourth-order valence-electron chi connectivity index (χ4n) is 3.44. The summed E-state index contributed by atoms with van der Waals surface area (Å²) in [4.78, 5) is 14.9. The molecule has 0 radical (unpaired) electrons. The molecule has 7 nitrogen and oxygen atoms in total. The van der Waals surface area contributed by atoms with Gasteiger partial charge in [0.1, 0.15) is 0 Å². The molecule has 0 aliphatic carbocycles. The van der Waals surface area contributed by atoms with Crippen molar-refractivity contribution < 1.29 is 17.9 Å². The lowest BCUT2D eigenvalue weighted by Crippen LogP contribution is -2.41. The average molecular weight is 404 g/mol. The number of hydrogen-bond acceptors (Lipinski definition) is 5. The molecule has 26 heavy (non-hydrogen) atoms. The van der Waals surface area contributed by atoms with Crippen molar-refractivity contribution >= 4 is 28.3 Å². The molecule has 2 aliphatic rings. The van der Waals surface area contributed by atoms with Crippen LogP contribution in [0.5, 0.6) is 0 Å². The predicted molar refractivity (Wildman–Crippen MR) is 101 cm³/mol. The Morgan fingerprint density at radius 1 is 1.27 bits per heavy atom. The van der Waals surface area contributed by atoms with Gasteiger partial charge in [0.25, 0.3) is 5.91 Å². The molecule has 1 aromatic rings. The third kappa shape index (κ3) is 4.37. The summed E-state index contributed by atoms with van der Waals surface area (Å²) < 4.78 is 32.2. The molecule has 0 spiro atoms. The number of nitrogens with one attached hydrogen (secondary N) is 1. The number of benzene rings is 1. The SMILES string of the molecule is CNCC1CCCN1C(=O)c1cccc(S(=O)(=O)N2CCOCC2)c1.Cl. The molecule has 2 heterocycles. The molecule has 146 valence electrons. The largest absolute Gasteiger partial charge is 0.379 e. The van der Waals surface area contributed by atoms with Gasteiger partial charge in [0.05, 0.1) is 18.1 Å². The Morgan fingerprint density at radius 3 is 2.69 bits per heavy atom. The van der Waals surface area contributed by atoms with Gasteiger partial charge in [-0.1, -0.05) is 6.07 Å². The Labute approximate surface area is 161 Å². The van der Waals surface area contributed by atoms with Crippen molar-refractivity contribution in [1.82, 2.24) is 14.5 Å². The van der Waals surface area contributed by atoms with Gasteiger partial charge in [-0.25, -0.2) is 8.42 Å². The molecule has 1 aromatic carbocycles. The molecule has 9 heteroatoms. The first-order valence-electron chi connectivity index (χ1n) is 8.67. The van der Waals surface area contributed by atoms with Crippen LogP contribution < -0.4 is 5.32 Å². The number of halogens is 1. The second-order valence-electron chi connectivity index (χ2n) is 6.40. The maximum atomic E-state index is 12.9. The van der Waals surface area contributed by atoms with Crippen molar-refractivity contribution in [3.05, 3.63) is 29.8 Å². The van der Waals surface area contributed by atoms with E-state index < -0.39 is 10.0 Å². The summed E-state index contributed by atoms with van der Waals surface area (Å²) in [5, 5.41) is 3.12. The zero-order chi connectivity index (χ0) is 17.9. The Balaban J connectivity index is 0.00000243. The van der Waals surface area contributed by atoms with Crippen LogP contribution in [0.15, 0.2) is 29.2 Å². The number of carbonyl (C=O) groups excluding carboxylic acids is 1. The first-order chi connectivity index (χ1) is 12.0. The molecule has 0 aromatic heterocycles. The second-order valence-corrected chi connectivity index (χ2v) is 8.33. The van der Waals surface area contributed by atoms with E-state index in [1.54, 1.807) is 18.2 Å². The molecule has 1 unspecified atom stereocenters. The summed E-state index contributed by atoms with van der Waals surface area (Å²) >= 11 is 0. The third-order valence-electron chi connectivity index (χ3n) is 4.77. The standard InChI is InChI=1S/C17H25N3O4S.ClH/c1-18-13-15-5-3-7-20(15)17(21)14-4-2-6-16(12-14)25(22,23)19-8-10-24-11-9-19;/h2,4,6,12,15,18H,3,5,7-11,13H2,1H3;1H. The van der Waals surface area contributed by atoms with Gasteiger partial charge in [-0.3, -0.25) is 4.79 Å². The van der Waals surface area contributed by atoms with Crippen molar-refractivity contribution in [1.29, 1.82) is 0 Å². The van der Waals surface area contributed by atoms with E-state index in [2.05, 4.69) is 5.32 Å². The monoisotopic (exact) mass is 403 g/mol. The van der Waals surface area contributed by atoms with Crippen LogP contribution >= 0.6 is 12.4 Å². The molecule has 0 saturated carbocycles. The zero-order valence-electron chi connectivity index (χ0n) is 14.9. The molecule has 3 rings (SSSR count). The first kappa shape index (κ1) is 21.1. The van der Waals surface area contributed by atoms with Gasteiger partial charge in [0.2, 0.25) is 10.0 Å². The number of sulfonamides is 1. The number of amides is 1. The summed E-state index contributed by atoms with van der Waals surface area (Å²) in [6.45, 7) is 2.95. The van der Waals surface area contributed by atoms with Crippen molar-refractivity contribution in [3.63, 3.8) is 0 Å². The van der Waals surface area contributed by atoms with E-state index in [9.17, 15) is 13.2 Å². The molecule has 0 bridgehead atoms. The summed E-state index contributed by atoms with van der Waals surface area (Å²) in [6.07, 6.45) is 1.95. The number of ether oxygens (including phenoxy) is 1. The highest BCUT2D eigenvalue weighted by atomic mass is 35.5. The molecular weight excluding hydrogens is 378 g/mol. The van der Waals surface area contributed by atoms with Gasteiger partial charge in [-0.05, 0) is 38.1 Å². The second kappa shape index (κ2) is 9.14. The normalized spacial score (nSPS) is 21.4. The number of hydrogen-bond donors (Lipinski definition) is 1. The minimum absolute atomic E-state index is 0. The van der Waals surface area contributed by atoms with E-state index >= 15 is 0 Å². The predicted octanol–water partition coefficient (Wildman–Crippen LogP) is 0.953. The van der Waals surface area contributed by atoms with E-state index in [1.165, 1.54) is 10.4 Å². The quantitative estimate of drug-likeness (QED) is 0.792. The highest BCUT2D eigenvalue weighted by Crippen LogP contribution is 2.23. The number of likely N-dealkylation sites (tertiary alicyclic amines) is 1. The molecule has 2 fully saturated rings. The highest BCUT2D eigenvalue weighted by Gasteiger charge is 2.31. The van der Waals surface area contributed by atoms with Crippen LogP contribution in [0.2, 0.25) is 0 Å². The molecule has 1 N–H and O–H groups in total. The lowest BCUT2D eigenvalue weighted by Gasteiger charge is -2.27. The van der Waals surface area contributed by atoms with E-state index in [-0.39, 0.29) is 29.3 Å². The highest BCUT2D eigenvalue weighted by molar-refractivity contribution is 7.89. The lowest BCUT2D eigenvalue weighted by atomic mass is 10.1. The molecule has 1 amide bonds. The van der Waals surface area contributed by atoms with Crippen molar-refractivity contribution in [2.75, 3.05) is 46.4 Å². The summed E-state index contributed by atoms with van der Waals surface area (Å²) in [5.74, 6) is -0.100. The van der Waals surface area contributed by atoms with Gasteiger partial charge in [-0.2, -0.15) is 4.31 Å². The fourth-order valence-corrected chi connectivity index (χ4v) is 4.90. The van der Waals surface area contributed by atoms with Crippen molar-refractivity contribution in [3.8, 4) is 0 Å². The topological polar surface area (TPSA) is 79.0 Å². The summed E-state index contributed by atoms with van der Waals surface area (Å²) in [5.41, 5.74) is 0.428. The van der Waals surface area contributed by atoms with Crippen LogP contribution in [-0.2, 0) is 14.8 Å². The number of morpholine rings is 1. The average Bonchev–Trinajstić information content (AvgIpc) is 3.10. The van der Waals surface area contributed by atoms with E-state index in [1.807, 2.05) is 11.9 Å². The maximum absolute atomic E-state index is 12.9. The van der Waals surface area contributed by atoms with Gasteiger partial charge in [0.15, 0.2) is 0 Å². The Bertz CT molecular complexity index is 722. The number of likely N-dealkylation sites (N-methyl/N-ethyl adjacent to an activating group) is 1. The third-order valence-corrected chi connectivity index (χ3v) is 6.66. The summed E-state index contributed by atoms with van der Waals surface area (Å²) in [6, 6.07) is 6.55. The van der Waals surface area contributed by atoms with Gasteiger partial charge >= 0.3 is 0 Å². The molecule has 2 saturated heterocycles. The molecule has 2 aliphatic heterocycles. The minimum Gasteiger partial charge on any atom is -0.379 e. The zero-order valence-corrected chi connectivity index (χ0v) is 16.5. The van der Waals surface area contributed by atoms with Crippen LogP contribution in [-0.4, -0.2) is 76.0 Å². The smallest absolute Gasteiger partial charge is 0.254 e. The van der Waals surface area contributed by atoms with Crippen LogP contribution in [0.3, 0.4) is 0 Å². The van der Waals surface area contributed by atoms with Crippen LogP contribution in [0.4, 0.5) is 0 Å². The van der Waals surface area contributed by atoms with E-state index in [4.69, 9.17) is 4.74 Å². The molecular formula is C17H26ClN3O4S. The van der Waals surface area contributed by atoms with E-state index in [0.717, 1.165) is 19.4 Å². The van der Waals surface area contributed by atoms with Gasteiger partial charge in [-0.15, -0.1) is 12.4 Å². The van der Waals surface area contributed by atoms with Crippen molar-refractivity contribution in [2.45, 2.75) is 23.8 Å². The number of carbonyl (C=O) groups is 1. The first-order valence-corrected chi connectivity index (χ1v) is 10.1. The number of rotatable bonds is 5. The fraction of sp³-hybridized carbons (Fsp3) is 0.588. The Hall–Kier alpha value is -1.19. The summed E-state index contributed by atoms with van der Waals surface area (Å²) in [7, 11) is -1.72. The van der Waals surface area contributed by atoms with Crippen LogP contribution in [0.1, 0.15) is 23.2 Å².